The van der Waals surface area contributed by atoms with Gasteiger partial charge in [-0.25, -0.2) is 14.4 Å². The molecule has 0 fully saturated rings. The number of ether oxygens (including phenoxy) is 2. The molecule has 0 saturated heterocycles. The number of rotatable bonds is 7. The monoisotopic (exact) mass is 324 g/mol. The van der Waals surface area contributed by atoms with E-state index in [1.807, 2.05) is 0 Å². The van der Waals surface area contributed by atoms with Crippen LogP contribution in [0.4, 0.5) is 0 Å². The van der Waals surface area contributed by atoms with Crippen molar-refractivity contribution < 1.29 is 29.0 Å². The van der Waals surface area contributed by atoms with Crippen molar-refractivity contribution in [3.8, 4) is 0 Å². The van der Waals surface area contributed by atoms with Gasteiger partial charge in [0.15, 0.2) is 10.1 Å². The highest BCUT2D eigenvalue weighted by Crippen LogP contribution is 2.17. The molecule has 20 heavy (non-hydrogen) atoms. The maximum absolute atomic E-state index is 11.5. The maximum Gasteiger partial charge on any atom is 0.351 e. The number of carboxylic acid groups (broad SMARTS) is 1. The van der Waals surface area contributed by atoms with E-state index in [2.05, 4.69) is 6.58 Å². The number of halogens is 2. The van der Waals surface area contributed by atoms with Crippen LogP contribution in [0.2, 0.25) is 0 Å². The average Bonchev–Trinajstić information content (AvgIpc) is 2.40. The molecule has 112 valence electrons. The zero-order valence-electron chi connectivity index (χ0n) is 10.9. The van der Waals surface area contributed by atoms with Gasteiger partial charge in [-0.1, -0.05) is 36.7 Å². The molecule has 0 aromatic carbocycles. The molecule has 0 saturated carbocycles. The first-order chi connectivity index (χ1) is 9.20. The third-order valence-corrected chi connectivity index (χ3v) is 2.83. The molecule has 0 spiro atoms. The molecule has 0 rings (SSSR count). The summed E-state index contributed by atoms with van der Waals surface area (Å²) in [5, 5.41) is 6.98. The van der Waals surface area contributed by atoms with Gasteiger partial charge in [-0.05, 0) is 13.3 Å². The number of hydrogen-bond donors (Lipinski definition) is 1. The Morgan fingerprint density at radius 1 is 1.20 bits per heavy atom. The second-order valence-electron chi connectivity index (χ2n) is 3.75. The van der Waals surface area contributed by atoms with E-state index in [1.54, 1.807) is 6.92 Å². The summed E-state index contributed by atoms with van der Waals surface area (Å²) in [4.78, 5) is 33.2. The first-order valence-electron chi connectivity index (χ1n) is 5.52. The van der Waals surface area contributed by atoms with Crippen LogP contribution < -0.4 is 0 Å². The molecule has 1 N–H and O–H groups in total. The third-order valence-electron chi connectivity index (χ3n) is 2.04. The molecule has 1 unspecified atom stereocenters. The van der Waals surface area contributed by atoms with E-state index in [0.29, 0.717) is 6.42 Å². The molecule has 0 bridgehead atoms. The van der Waals surface area contributed by atoms with Gasteiger partial charge < -0.3 is 14.6 Å². The molecular weight excluding hydrogens is 311 g/mol. The smallest absolute Gasteiger partial charge is 0.351 e. The Hall–Kier alpha value is -1.53. The lowest BCUT2D eigenvalue weighted by Gasteiger charge is -2.16. The Morgan fingerprint density at radius 3 is 2.15 bits per heavy atom. The summed E-state index contributed by atoms with van der Waals surface area (Å²) in [5.41, 5.74) is 0.207. The number of carbonyl (C=O) groups excluding carboxylic acids is 2. The van der Waals surface area contributed by atoms with Gasteiger partial charge in [-0.15, -0.1) is 0 Å². The van der Waals surface area contributed by atoms with Crippen LogP contribution in [0.5, 0.6) is 0 Å². The highest BCUT2D eigenvalue weighted by molar-refractivity contribution is 6.52. The highest BCUT2D eigenvalue weighted by Gasteiger charge is 2.22. The minimum Gasteiger partial charge on any atom is -0.477 e. The van der Waals surface area contributed by atoms with Crippen LogP contribution >= 0.6 is 23.2 Å². The molecule has 0 radical (unpaired) electrons. The van der Waals surface area contributed by atoms with E-state index < -0.39 is 34.1 Å². The van der Waals surface area contributed by atoms with Gasteiger partial charge in [-0.3, -0.25) is 0 Å². The van der Waals surface area contributed by atoms with Gasteiger partial charge in [-0.2, -0.15) is 0 Å². The summed E-state index contributed by atoms with van der Waals surface area (Å²) in [5.74, 6) is -3.27. The summed E-state index contributed by atoms with van der Waals surface area (Å²) in [6, 6.07) is 0. The normalized spacial score (nSPS) is 13.0. The highest BCUT2D eigenvalue weighted by atomic mass is 35.5. The Balaban J connectivity index is 4.62. The quantitative estimate of drug-likeness (QED) is 0.570. The number of aliphatic carboxylic acids is 1. The van der Waals surface area contributed by atoms with Gasteiger partial charge in [0.1, 0.15) is 12.7 Å². The molecule has 0 aliphatic rings. The van der Waals surface area contributed by atoms with E-state index in [0.717, 1.165) is 0 Å². The van der Waals surface area contributed by atoms with E-state index >= 15 is 0 Å². The van der Waals surface area contributed by atoms with E-state index in [1.165, 1.54) is 6.92 Å². The number of esters is 2. The second kappa shape index (κ2) is 8.60. The fourth-order valence-electron chi connectivity index (χ4n) is 0.914. The van der Waals surface area contributed by atoms with Gasteiger partial charge >= 0.3 is 17.9 Å². The molecule has 1 atom stereocenters. The Bertz CT molecular complexity index is 455. The van der Waals surface area contributed by atoms with Crippen LogP contribution in [-0.2, 0) is 23.9 Å². The SMILES string of the molecule is C=C(C)C(=O)OCC(CC)OC(=O)/C(Cl)=C(/Cl)C(=O)O. The molecule has 0 amide bonds. The summed E-state index contributed by atoms with van der Waals surface area (Å²) < 4.78 is 9.70. The zero-order valence-corrected chi connectivity index (χ0v) is 12.5. The van der Waals surface area contributed by atoms with Crippen LogP contribution in [0, 0.1) is 0 Å². The third kappa shape index (κ3) is 6.08. The van der Waals surface area contributed by atoms with Crippen molar-refractivity contribution in [3.63, 3.8) is 0 Å². The average molecular weight is 325 g/mol. The topological polar surface area (TPSA) is 89.9 Å². The second-order valence-corrected chi connectivity index (χ2v) is 4.50. The fraction of sp³-hybridized carbons (Fsp3) is 0.417. The zero-order chi connectivity index (χ0) is 15.9. The van der Waals surface area contributed by atoms with Crippen LogP contribution in [0.25, 0.3) is 0 Å². The van der Waals surface area contributed by atoms with Gasteiger partial charge in [0.2, 0.25) is 0 Å². The molecule has 0 aliphatic carbocycles. The molecule has 0 aromatic rings. The van der Waals surface area contributed by atoms with Crippen molar-refractivity contribution >= 4 is 41.1 Å². The predicted molar refractivity (Wildman–Crippen MR) is 72.3 cm³/mol. The summed E-state index contributed by atoms with van der Waals surface area (Å²) in [6.45, 7) is 6.36. The Labute approximate surface area is 125 Å². The summed E-state index contributed by atoms with van der Waals surface area (Å²) in [6.07, 6.45) is -0.429. The van der Waals surface area contributed by atoms with E-state index in [9.17, 15) is 14.4 Å². The largest absolute Gasteiger partial charge is 0.477 e. The lowest BCUT2D eigenvalue weighted by atomic mass is 10.3. The van der Waals surface area contributed by atoms with Crippen molar-refractivity contribution in [1.29, 1.82) is 0 Å². The maximum atomic E-state index is 11.5. The standard InChI is InChI=1S/C12H14Cl2O6/c1-4-7(5-19-11(17)6(2)3)20-12(18)9(14)8(13)10(15)16/h7H,2,4-5H2,1,3H3,(H,15,16)/b9-8-. The van der Waals surface area contributed by atoms with Crippen molar-refractivity contribution in [2.75, 3.05) is 6.61 Å². The summed E-state index contributed by atoms with van der Waals surface area (Å²) >= 11 is 10.8. The minimum absolute atomic E-state index is 0.192. The first kappa shape index (κ1) is 18.5. The van der Waals surface area contributed by atoms with Crippen molar-refractivity contribution in [1.82, 2.24) is 0 Å². The molecule has 8 heteroatoms. The fourth-order valence-corrected chi connectivity index (χ4v) is 1.12. The number of carbonyl (C=O) groups is 3. The lowest BCUT2D eigenvalue weighted by molar-refractivity contribution is -0.153. The van der Waals surface area contributed by atoms with E-state index in [-0.39, 0.29) is 12.2 Å². The summed E-state index contributed by atoms with van der Waals surface area (Å²) in [7, 11) is 0. The van der Waals surface area contributed by atoms with Crippen LogP contribution in [0.15, 0.2) is 22.2 Å². The number of carboxylic acids is 1. The van der Waals surface area contributed by atoms with Crippen LogP contribution in [0.3, 0.4) is 0 Å². The van der Waals surface area contributed by atoms with Gasteiger partial charge in [0.05, 0.1) is 0 Å². The Morgan fingerprint density at radius 2 is 1.75 bits per heavy atom. The molecule has 0 aromatic heterocycles. The first-order valence-corrected chi connectivity index (χ1v) is 6.28. The molecule has 0 aliphatic heterocycles. The van der Waals surface area contributed by atoms with Crippen LogP contribution in [0.1, 0.15) is 20.3 Å². The van der Waals surface area contributed by atoms with Crippen LogP contribution in [-0.4, -0.2) is 35.7 Å². The number of hydrogen-bond acceptors (Lipinski definition) is 5. The van der Waals surface area contributed by atoms with E-state index in [4.69, 9.17) is 37.8 Å². The predicted octanol–water partition coefficient (Wildman–Crippen LogP) is 2.20. The van der Waals surface area contributed by atoms with Gasteiger partial charge in [0, 0.05) is 5.57 Å². The van der Waals surface area contributed by atoms with Crippen molar-refractivity contribution in [2.45, 2.75) is 26.4 Å². The van der Waals surface area contributed by atoms with Gasteiger partial charge in [0.25, 0.3) is 0 Å². The van der Waals surface area contributed by atoms with Crippen molar-refractivity contribution in [3.05, 3.63) is 22.2 Å². The minimum atomic E-state index is -1.55. The Kier molecular flexibility index (Phi) is 7.94. The van der Waals surface area contributed by atoms with Crippen molar-refractivity contribution in [2.24, 2.45) is 0 Å². The molecule has 6 nitrogen and oxygen atoms in total. The molecular formula is C12H14Cl2O6. The lowest BCUT2D eigenvalue weighted by Crippen LogP contribution is -2.25. The molecule has 0 heterocycles.